The molecule has 0 N–H and O–H groups in total. The number of benzene rings is 2. The van der Waals surface area contributed by atoms with Gasteiger partial charge in [-0.3, -0.25) is 10.1 Å². The van der Waals surface area contributed by atoms with Crippen LogP contribution < -0.4 is 4.74 Å². The lowest BCUT2D eigenvalue weighted by molar-refractivity contribution is -0.385. The lowest BCUT2D eigenvalue weighted by Gasteiger charge is -2.16. The Morgan fingerprint density at radius 2 is 1.81 bits per heavy atom. The quantitative estimate of drug-likeness (QED) is 0.566. The molecule has 1 fully saturated rings. The summed E-state index contributed by atoms with van der Waals surface area (Å²) in [7, 11) is -3.72. The molecule has 0 amide bonds. The van der Waals surface area contributed by atoms with E-state index in [1.54, 1.807) is 12.1 Å². The molecular weight excluding hydrogens is 356 g/mol. The van der Waals surface area contributed by atoms with Crippen molar-refractivity contribution in [3.05, 3.63) is 58.1 Å². The first-order chi connectivity index (χ1) is 12.4. The van der Waals surface area contributed by atoms with Gasteiger partial charge in [-0.05, 0) is 43.0 Å². The zero-order chi connectivity index (χ0) is 18.7. The molecule has 8 heteroatoms. The fourth-order valence-electron chi connectivity index (χ4n) is 2.98. The smallest absolute Gasteiger partial charge is 0.312 e. The highest BCUT2D eigenvalue weighted by atomic mass is 32.2. The number of rotatable bonds is 6. The van der Waals surface area contributed by atoms with Gasteiger partial charge in [0.2, 0.25) is 15.8 Å². The zero-order valence-corrected chi connectivity index (χ0v) is 15.2. The van der Waals surface area contributed by atoms with E-state index in [9.17, 15) is 18.5 Å². The Bertz CT molecular complexity index is 921. The Morgan fingerprint density at radius 1 is 1.12 bits per heavy atom. The molecule has 138 valence electrons. The van der Waals surface area contributed by atoms with Crippen LogP contribution in [0.4, 0.5) is 5.69 Å². The van der Waals surface area contributed by atoms with Crippen molar-refractivity contribution in [2.24, 2.45) is 0 Å². The highest BCUT2D eigenvalue weighted by Crippen LogP contribution is 2.35. The summed E-state index contributed by atoms with van der Waals surface area (Å²) >= 11 is 0. The molecule has 7 nitrogen and oxygen atoms in total. The van der Waals surface area contributed by atoms with Crippen molar-refractivity contribution in [1.82, 2.24) is 4.31 Å². The van der Waals surface area contributed by atoms with Crippen molar-refractivity contribution in [1.29, 1.82) is 0 Å². The molecule has 0 bridgehead atoms. The summed E-state index contributed by atoms with van der Waals surface area (Å²) < 4.78 is 32.4. The Kier molecular flexibility index (Phi) is 5.24. The summed E-state index contributed by atoms with van der Waals surface area (Å²) in [6.45, 7) is 2.85. The Labute approximate surface area is 152 Å². The highest BCUT2D eigenvalue weighted by molar-refractivity contribution is 7.89. The Balaban J connectivity index is 1.99. The number of nitro benzene ring substituents is 1. The third-order valence-corrected chi connectivity index (χ3v) is 6.30. The maximum absolute atomic E-state index is 12.6. The fraction of sp³-hybridized carbons (Fsp3) is 0.333. The maximum Gasteiger partial charge on any atom is 0.312 e. The van der Waals surface area contributed by atoms with Gasteiger partial charge in [-0.25, -0.2) is 8.42 Å². The van der Waals surface area contributed by atoms with E-state index in [-0.39, 0.29) is 16.3 Å². The number of hydrogen-bond acceptors (Lipinski definition) is 5. The topological polar surface area (TPSA) is 89.8 Å². The monoisotopic (exact) mass is 376 g/mol. The molecule has 3 rings (SSSR count). The van der Waals surface area contributed by atoms with Crippen molar-refractivity contribution < 1.29 is 18.1 Å². The number of ether oxygens (including phenoxy) is 1. The maximum atomic E-state index is 12.6. The van der Waals surface area contributed by atoms with Crippen LogP contribution in [0.15, 0.2) is 47.4 Å². The number of hydrogen-bond donors (Lipinski definition) is 0. The van der Waals surface area contributed by atoms with Crippen molar-refractivity contribution in [3.63, 3.8) is 0 Å². The van der Waals surface area contributed by atoms with Crippen LogP contribution in [0.1, 0.15) is 25.3 Å². The summed E-state index contributed by atoms with van der Waals surface area (Å²) in [6.07, 6.45) is 2.32. The van der Waals surface area contributed by atoms with E-state index >= 15 is 0 Å². The molecule has 0 spiro atoms. The third kappa shape index (κ3) is 3.56. The molecule has 2 aromatic rings. The van der Waals surface area contributed by atoms with Gasteiger partial charge in [-0.15, -0.1) is 0 Å². The van der Waals surface area contributed by atoms with Crippen LogP contribution in [-0.2, 0) is 16.4 Å². The van der Waals surface area contributed by atoms with Crippen LogP contribution in [-0.4, -0.2) is 30.7 Å². The molecule has 0 aromatic heterocycles. The lowest BCUT2D eigenvalue weighted by Crippen LogP contribution is -2.27. The number of para-hydroxylation sites is 1. The van der Waals surface area contributed by atoms with Gasteiger partial charge in [-0.1, -0.05) is 25.1 Å². The van der Waals surface area contributed by atoms with Crippen molar-refractivity contribution in [3.8, 4) is 11.5 Å². The molecule has 0 radical (unpaired) electrons. The predicted molar refractivity (Wildman–Crippen MR) is 97.0 cm³/mol. The third-order valence-electron chi connectivity index (χ3n) is 4.40. The van der Waals surface area contributed by atoms with Gasteiger partial charge in [0.1, 0.15) is 5.75 Å². The largest absolute Gasteiger partial charge is 0.450 e. The minimum absolute atomic E-state index is 0.0243. The molecule has 0 aliphatic carbocycles. The zero-order valence-electron chi connectivity index (χ0n) is 14.4. The summed E-state index contributed by atoms with van der Waals surface area (Å²) in [5.41, 5.74) is 0.548. The summed E-state index contributed by atoms with van der Waals surface area (Å²) in [4.78, 5) is 10.8. The van der Waals surface area contributed by atoms with Crippen LogP contribution in [0, 0.1) is 10.1 Å². The first-order valence-electron chi connectivity index (χ1n) is 8.48. The van der Waals surface area contributed by atoms with Crippen LogP contribution in [0.2, 0.25) is 0 Å². The SMILES string of the molecule is CCc1ccccc1Oc1ccc(S(=O)(=O)N2CCCC2)cc1[N+](=O)[O-]. The number of nitrogens with zero attached hydrogens (tertiary/aromatic N) is 2. The van der Waals surface area contributed by atoms with Crippen molar-refractivity contribution in [2.75, 3.05) is 13.1 Å². The van der Waals surface area contributed by atoms with E-state index in [0.29, 0.717) is 25.3 Å². The van der Waals surface area contributed by atoms with Crippen molar-refractivity contribution >= 4 is 15.7 Å². The van der Waals surface area contributed by atoms with E-state index in [2.05, 4.69) is 0 Å². The minimum Gasteiger partial charge on any atom is -0.450 e. The molecule has 0 atom stereocenters. The summed E-state index contributed by atoms with van der Waals surface area (Å²) in [5.74, 6) is 0.546. The molecule has 0 saturated carbocycles. The van der Waals surface area contributed by atoms with E-state index in [4.69, 9.17) is 4.74 Å². The number of sulfonamides is 1. The van der Waals surface area contributed by atoms with Crippen molar-refractivity contribution in [2.45, 2.75) is 31.1 Å². The molecule has 1 aliphatic rings. The average Bonchev–Trinajstić information content (AvgIpc) is 3.17. The van der Waals surface area contributed by atoms with Gasteiger partial charge in [0.15, 0.2) is 0 Å². The molecule has 2 aromatic carbocycles. The standard InChI is InChI=1S/C18H20N2O5S/c1-2-14-7-3-4-8-17(14)25-18-10-9-15(13-16(18)20(21)22)26(23,24)19-11-5-6-12-19/h3-4,7-10,13H,2,5-6,11-12H2,1H3. The van der Waals surface area contributed by atoms with E-state index < -0.39 is 14.9 Å². The number of nitro groups is 1. The van der Waals surface area contributed by atoms with Gasteiger partial charge in [-0.2, -0.15) is 4.31 Å². The predicted octanol–water partition coefficient (Wildman–Crippen LogP) is 3.73. The van der Waals surface area contributed by atoms with Gasteiger partial charge >= 0.3 is 5.69 Å². The van der Waals surface area contributed by atoms with Crippen LogP contribution in [0.5, 0.6) is 11.5 Å². The Hall–Kier alpha value is -2.45. The molecular formula is C18H20N2O5S. The Morgan fingerprint density at radius 3 is 2.46 bits per heavy atom. The highest BCUT2D eigenvalue weighted by Gasteiger charge is 2.30. The van der Waals surface area contributed by atoms with Gasteiger partial charge < -0.3 is 4.74 Å². The van der Waals surface area contributed by atoms with Gasteiger partial charge in [0.25, 0.3) is 0 Å². The number of aryl methyl sites for hydroxylation is 1. The average molecular weight is 376 g/mol. The fourth-order valence-corrected chi connectivity index (χ4v) is 4.52. The summed E-state index contributed by atoms with van der Waals surface area (Å²) in [5, 5.41) is 11.5. The van der Waals surface area contributed by atoms with E-state index in [1.165, 1.54) is 16.4 Å². The van der Waals surface area contributed by atoms with Crippen LogP contribution in [0.3, 0.4) is 0 Å². The second-order valence-electron chi connectivity index (χ2n) is 6.06. The lowest BCUT2D eigenvalue weighted by atomic mass is 10.1. The molecule has 0 unspecified atom stereocenters. The van der Waals surface area contributed by atoms with Crippen LogP contribution >= 0.6 is 0 Å². The molecule has 26 heavy (non-hydrogen) atoms. The normalized spacial score (nSPS) is 15.1. The second kappa shape index (κ2) is 7.43. The van der Waals surface area contributed by atoms with E-state index in [1.807, 2.05) is 19.1 Å². The molecule has 1 aliphatic heterocycles. The molecule has 1 saturated heterocycles. The van der Waals surface area contributed by atoms with E-state index in [0.717, 1.165) is 24.5 Å². The van der Waals surface area contributed by atoms with Crippen LogP contribution in [0.25, 0.3) is 0 Å². The summed E-state index contributed by atoms with van der Waals surface area (Å²) in [6, 6.07) is 11.1. The van der Waals surface area contributed by atoms with Gasteiger partial charge in [0.05, 0.1) is 9.82 Å². The van der Waals surface area contributed by atoms with Gasteiger partial charge in [0, 0.05) is 19.2 Å². The molecule has 1 heterocycles. The minimum atomic E-state index is -3.72. The second-order valence-corrected chi connectivity index (χ2v) is 8.00. The first-order valence-corrected chi connectivity index (χ1v) is 9.92. The first kappa shape index (κ1) is 18.3.